The number of nitrogens with zero attached hydrogens (tertiary/aromatic N) is 2. The van der Waals surface area contributed by atoms with Crippen molar-refractivity contribution in [2.75, 3.05) is 6.54 Å². The normalized spacial score (nSPS) is 11.3. The van der Waals surface area contributed by atoms with Crippen LogP contribution < -0.4 is 5.76 Å². The van der Waals surface area contributed by atoms with E-state index >= 15 is 0 Å². The molecule has 6 nitrogen and oxygen atoms in total. The van der Waals surface area contributed by atoms with Crippen molar-refractivity contribution in [2.45, 2.75) is 33.4 Å². The Kier molecular flexibility index (Phi) is 5.07. The van der Waals surface area contributed by atoms with E-state index in [1.807, 2.05) is 12.1 Å². The Morgan fingerprint density at radius 1 is 1.20 bits per heavy atom. The topological polar surface area (TPSA) is 68.6 Å². The van der Waals surface area contributed by atoms with Gasteiger partial charge in [-0.3, -0.25) is 9.36 Å². The third-order valence-electron chi connectivity index (χ3n) is 4.12. The lowest BCUT2D eigenvalue weighted by Crippen LogP contribution is -2.36. The van der Waals surface area contributed by atoms with Crippen molar-refractivity contribution < 1.29 is 13.6 Å². The summed E-state index contributed by atoms with van der Waals surface area (Å²) in [6, 6.07) is 10.8. The third kappa shape index (κ3) is 4.02. The van der Waals surface area contributed by atoms with Crippen LogP contribution in [0.2, 0.25) is 0 Å². The average Bonchev–Trinajstić information content (AvgIpc) is 3.19. The molecule has 0 aliphatic heterocycles. The van der Waals surface area contributed by atoms with Crippen LogP contribution in [0.25, 0.3) is 11.1 Å². The predicted molar refractivity (Wildman–Crippen MR) is 94.1 cm³/mol. The standard InChI is InChI=1S/C19H22N2O4/c1-14(2)9-10-20(12-15-6-5-11-24-15)18(22)13-21-16-7-3-4-8-17(16)25-19(21)23/h3-8,11,14H,9-10,12-13H2,1-2H3. The lowest BCUT2D eigenvalue weighted by atomic mass is 10.1. The first kappa shape index (κ1) is 17.1. The molecule has 0 aliphatic carbocycles. The number of carbonyl (C=O) groups is 1. The number of carbonyl (C=O) groups excluding carboxylic acids is 1. The van der Waals surface area contributed by atoms with Crippen molar-refractivity contribution in [3.63, 3.8) is 0 Å². The van der Waals surface area contributed by atoms with E-state index in [4.69, 9.17) is 8.83 Å². The van der Waals surface area contributed by atoms with Crippen LogP contribution in [-0.4, -0.2) is 21.9 Å². The van der Waals surface area contributed by atoms with E-state index in [2.05, 4.69) is 13.8 Å². The van der Waals surface area contributed by atoms with Gasteiger partial charge < -0.3 is 13.7 Å². The van der Waals surface area contributed by atoms with Gasteiger partial charge in [-0.1, -0.05) is 26.0 Å². The highest BCUT2D eigenvalue weighted by Crippen LogP contribution is 2.14. The number of furan rings is 1. The monoisotopic (exact) mass is 342 g/mol. The molecule has 2 heterocycles. The highest BCUT2D eigenvalue weighted by Gasteiger charge is 2.19. The van der Waals surface area contributed by atoms with Gasteiger partial charge in [-0.05, 0) is 36.6 Å². The molecule has 0 atom stereocenters. The molecular weight excluding hydrogens is 320 g/mol. The molecule has 0 radical (unpaired) electrons. The molecule has 1 amide bonds. The number of hydrogen-bond acceptors (Lipinski definition) is 4. The smallest absolute Gasteiger partial charge is 0.420 e. The van der Waals surface area contributed by atoms with Crippen molar-refractivity contribution >= 4 is 17.0 Å². The fourth-order valence-electron chi connectivity index (χ4n) is 2.70. The van der Waals surface area contributed by atoms with Crippen LogP contribution in [0, 0.1) is 5.92 Å². The quantitative estimate of drug-likeness (QED) is 0.661. The number of rotatable bonds is 7. The molecule has 0 bridgehead atoms. The highest BCUT2D eigenvalue weighted by atomic mass is 16.4. The number of aromatic nitrogens is 1. The van der Waals surface area contributed by atoms with Crippen LogP contribution in [0.5, 0.6) is 0 Å². The van der Waals surface area contributed by atoms with Gasteiger partial charge in [0.1, 0.15) is 12.3 Å². The Hall–Kier alpha value is -2.76. The minimum absolute atomic E-state index is 0.0470. The van der Waals surface area contributed by atoms with Gasteiger partial charge in [0.2, 0.25) is 5.91 Å². The first-order valence-corrected chi connectivity index (χ1v) is 8.43. The maximum Gasteiger partial charge on any atom is 0.420 e. The Balaban J connectivity index is 1.81. The molecule has 3 rings (SSSR count). The maximum absolute atomic E-state index is 12.8. The third-order valence-corrected chi connectivity index (χ3v) is 4.12. The molecule has 25 heavy (non-hydrogen) atoms. The van der Waals surface area contributed by atoms with Gasteiger partial charge in [0.25, 0.3) is 0 Å². The molecule has 0 saturated carbocycles. The zero-order valence-corrected chi connectivity index (χ0v) is 14.5. The lowest BCUT2D eigenvalue weighted by molar-refractivity contribution is -0.132. The maximum atomic E-state index is 12.8. The van der Waals surface area contributed by atoms with Gasteiger partial charge >= 0.3 is 5.76 Å². The van der Waals surface area contributed by atoms with Crippen molar-refractivity contribution in [1.29, 1.82) is 0 Å². The second-order valence-electron chi connectivity index (χ2n) is 6.50. The van der Waals surface area contributed by atoms with Gasteiger partial charge in [-0.15, -0.1) is 0 Å². The predicted octanol–water partition coefficient (Wildman–Crippen LogP) is 3.26. The summed E-state index contributed by atoms with van der Waals surface area (Å²) < 4.78 is 11.9. The second kappa shape index (κ2) is 7.42. The summed E-state index contributed by atoms with van der Waals surface area (Å²) in [5.74, 6) is 0.549. The zero-order valence-electron chi connectivity index (χ0n) is 14.5. The number of hydrogen-bond donors (Lipinski definition) is 0. The second-order valence-corrected chi connectivity index (χ2v) is 6.50. The molecule has 0 fully saturated rings. The Morgan fingerprint density at radius 2 is 2.00 bits per heavy atom. The molecule has 2 aromatic heterocycles. The summed E-state index contributed by atoms with van der Waals surface area (Å²) in [4.78, 5) is 26.6. The number of benzene rings is 1. The first-order valence-electron chi connectivity index (χ1n) is 8.43. The van der Waals surface area contributed by atoms with Crippen LogP contribution in [-0.2, 0) is 17.9 Å². The minimum Gasteiger partial charge on any atom is -0.467 e. The lowest BCUT2D eigenvalue weighted by Gasteiger charge is -2.22. The number of fused-ring (bicyclic) bond motifs is 1. The van der Waals surface area contributed by atoms with E-state index in [1.54, 1.807) is 35.4 Å². The van der Waals surface area contributed by atoms with Gasteiger partial charge in [0.05, 0.1) is 18.3 Å². The summed E-state index contributed by atoms with van der Waals surface area (Å²) in [5.41, 5.74) is 1.11. The highest BCUT2D eigenvalue weighted by molar-refractivity contribution is 5.79. The van der Waals surface area contributed by atoms with E-state index in [9.17, 15) is 9.59 Å². The fourth-order valence-corrected chi connectivity index (χ4v) is 2.70. The van der Waals surface area contributed by atoms with Crippen LogP contribution >= 0.6 is 0 Å². The van der Waals surface area contributed by atoms with Crippen LogP contribution in [0.3, 0.4) is 0 Å². The van der Waals surface area contributed by atoms with Gasteiger partial charge in [-0.2, -0.15) is 0 Å². The van der Waals surface area contributed by atoms with Crippen LogP contribution in [0.1, 0.15) is 26.0 Å². The molecular formula is C19H22N2O4. The fraction of sp³-hybridized carbons (Fsp3) is 0.368. The van der Waals surface area contributed by atoms with Crippen molar-refractivity contribution in [3.05, 3.63) is 59.0 Å². The van der Waals surface area contributed by atoms with Gasteiger partial charge in [0, 0.05) is 6.54 Å². The number of amides is 1. The molecule has 0 aliphatic rings. The SMILES string of the molecule is CC(C)CCN(Cc1ccco1)C(=O)Cn1c(=O)oc2ccccc21. The van der Waals surface area contributed by atoms with E-state index in [1.165, 1.54) is 4.57 Å². The van der Waals surface area contributed by atoms with Gasteiger partial charge in [0.15, 0.2) is 5.58 Å². The Morgan fingerprint density at radius 3 is 2.72 bits per heavy atom. The van der Waals surface area contributed by atoms with E-state index in [0.29, 0.717) is 30.1 Å². The molecule has 6 heteroatoms. The van der Waals surface area contributed by atoms with Crippen LogP contribution in [0.4, 0.5) is 0 Å². The van der Waals surface area contributed by atoms with Crippen LogP contribution in [0.15, 0.2) is 56.3 Å². The minimum atomic E-state index is -0.517. The summed E-state index contributed by atoms with van der Waals surface area (Å²) in [6.07, 6.45) is 2.47. The molecule has 0 spiro atoms. The summed E-state index contributed by atoms with van der Waals surface area (Å²) in [7, 11) is 0. The Labute approximate surface area is 145 Å². The first-order chi connectivity index (χ1) is 12.0. The van der Waals surface area contributed by atoms with E-state index in [0.717, 1.165) is 12.2 Å². The Bertz CT molecular complexity index is 890. The summed E-state index contributed by atoms with van der Waals surface area (Å²) in [5, 5.41) is 0. The van der Waals surface area contributed by atoms with Crippen molar-refractivity contribution in [2.24, 2.45) is 5.92 Å². The molecule has 132 valence electrons. The number of oxazole rings is 1. The molecule has 0 unspecified atom stereocenters. The largest absolute Gasteiger partial charge is 0.467 e. The number of para-hydroxylation sites is 2. The molecule has 0 N–H and O–H groups in total. The van der Waals surface area contributed by atoms with Gasteiger partial charge in [-0.25, -0.2) is 4.79 Å². The van der Waals surface area contributed by atoms with Crippen molar-refractivity contribution in [1.82, 2.24) is 9.47 Å². The van der Waals surface area contributed by atoms with E-state index < -0.39 is 5.76 Å². The average molecular weight is 342 g/mol. The molecule has 0 saturated heterocycles. The van der Waals surface area contributed by atoms with E-state index in [-0.39, 0.29) is 12.5 Å². The zero-order chi connectivity index (χ0) is 17.8. The van der Waals surface area contributed by atoms with Crippen molar-refractivity contribution in [3.8, 4) is 0 Å². The molecule has 1 aromatic carbocycles. The summed E-state index contributed by atoms with van der Waals surface area (Å²) in [6.45, 7) is 5.19. The molecule has 3 aromatic rings. The summed E-state index contributed by atoms with van der Waals surface area (Å²) >= 11 is 0.